The maximum atomic E-state index is 11.8. The van der Waals surface area contributed by atoms with Gasteiger partial charge in [-0.25, -0.2) is 4.79 Å². The summed E-state index contributed by atoms with van der Waals surface area (Å²) in [6.07, 6.45) is 5.49. The summed E-state index contributed by atoms with van der Waals surface area (Å²) in [7, 11) is 3.87. The van der Waals surface area contributed by atoms with Gasteiger partial charge in [0.1, 0.15) is 5.69 Å². The molecule has 1 saturated carbocycles. The zero-order valence-corrected chi connectivity index (χ0v) is 14.2. The molecule has 3 rings (SSSR count). The highest BCUT2D eigenvalue weighted by molar-refractivity contribution is 5.76. The summed E-state index contributed by atoms with van der Waals surface area (Å²) in [5.74, 6) is -0.191. The smallest absolute Gasteiger partial charge is 0.333 e. The lowest BCUT2D eigenvalue weighted by Gasteiger charge is -2.32. The normalized spacial score (nSPS) is 17.1. The van der Waals surface area contributed by atoms with Crippen LogP contribution in [-0.2, 0) is 10.3 Å². The Morgan fingerprint density at radius 2 is 2.21 bits per heavy atom. The molecule has 0 radical (unpaired) electrons. The van der Waals surface area contributed by atoms with Crippen molar-refractivity contribution in [1.29, 1.82) is 0 Å². The first-order valence-electron chi connectivity index (χ1n) is 8.08. The Bertz CT molecular complexity index is 740. The maximum absolute atomic E-state index is 11.8. The number of anilines is 1. The van der Waals surface area contributed by atoms with E-state index in [0.29, 0.717) is 23.9 Å². The van der Waals surface area contributed by atoms with Crippen LogP contribution in [0.2, 0.25) is 0 Å². The molecule has 0 aromatic carbocycles. The van der Waals surface area contributed by atoms with Gasteiger partial charge < -0.3 is 10.0 Å². The molecule has 1 unspecified atom stereocenters. The molecule has 2 heterocycles. The quantitative estimate of drug-likeness (QED) is 0.862. The number of carbonyl (C=O) groups is 1. The summed E-state index contributed by atoms with van der Waals surface area (Å²) >= 11 is 0. The van der Waals surface area contributed by atoms with Crippen molar-refractivity contribution in [2.45, 2.75) is 38.1 Å². The van der Waals surface area contributed by atoms with E-state index in [-0.39, 0.29) is 0 Å². The highest BCUT2D eigenvalue weighted by Crippen LogP contribution is 2.36. The van der Waals surface area contributed by atoms with Gasteiger partial charge in [0.25, 0.3) is 0 Å². The number of tetrazole rings is 1. The Kier molecular flexibility index (Phi) is 4.21. The molecule has 8 nitrogen and oxygen atoms in total. The Balaban J connectivity index is 1.90. The predicted molar refractivity (Wildman–Crippen MR) is 88.6 cm³/mol. The second-order valence-corrected chi connectivity index (χ2v) is 6.78. The van der Waals surface area contributed by atoms with Gasteiger partial charge in [-0.2, -0.15) is 0 Å². The van der Waals surface area contributed by atoms with E-state index >= 15 is 0 Å². The van der Waals surface area contributed by atoms with Gasteiger partial charge in [0.15, 0.2) is 5.54 Å². The average Bonchev–Trinajstić information content (AvgIpc) is 3.01. The molecule has 1 aliphatic rings. The van der Waals surface area contributed by atoms with E-state index in [0.717, 1.165) is 24.9 Å². The second kappa shape index (κ2) is 6.18. The number of aromatic nitrogens is 5. The van der Waals surface area contributed by atoms with Crippen LogP contribution in [0.4, 0.5) is 5.69 Å². The summed E-state index contributed by atoms with van der Waals surface area (Å²) in [5, 5.41) is 22.1. The van der Waals surface area contributed by atoms with Crippen molar-refractivity contribution >= 4 is 11.7 Å². The molecule has 0 aliphatic heterocycles. The number of nitrogens with zero attached hydrogens (tertiary/aromatic N) is 6. The van der Waals surface area contributed by atoms with E-state index in [2.05, 4.69) is 20.4 Å². The molecule has 8 heteroatoms. The van der Waals surface area contributed by atoms with E-state index < -0.39 is 11.5 Å². The Morgan fingerprint density at radius 1 is 1.46 bits per heavy atom. The molecule has 1 N–H and O–H groups in total. The molecule has 24 heavy (non-hydrogen) atoms. The van der Waals surface area contributed by atoms with E-state index in [4.69, 9.17) is 0 Å². The molecule has 2 aromatic rings. The second-order valence-electron chi connectivity index (χ2n) is 6.78. The van der Waals surface area contributed by atoms with Gasteiger partial charge in [-0.3, -0.25) is 4.98 Å². The monoisotopic (exact) mass is 330 g/mol. The average molecular weight is 330 g/mol. The molecule has 0 amide bonds. The molecule has 128 valence electrons. The van der Waals surface area contributed by atoms with Crippen LogP contribution in [0.25, 0.3) is 11.5 Å². The van der Waals surface area contributed by atoms with Crippen LogP contribution in [0.1, 0.15) is 32.6 Å². The van der Waals surface area contributed by atoms with Crippen LogP contribution in [0, 0.1) is 5.92 Å². The molecule has 1 atom stereocenters. The molecule has 1 aliphatic carbocycles. The largest absolute Gasteiger partial charge is 0.479 e. The molecular weight excluding hydrogens is 308 g/mol. The lowest BCUT2D eigenvalue weighted by molar-refractivity contribution is -0.149. The first kappa shape index (κ1) is 16.4. The Labute approximate surface area is 140 Å². The summed E-state index contributed by atoms with van der Waals surface area (Å²) in [4.78, 5) is 19.3. The van der Waals surface area contributed by atoms with Gasteiger partial charge in [0.2, 0.25) is 5.82 Å². The number of pyridine rings is 1. The number of hydrogen-bond donors (Lipinski definition) is 1. The van der Waals surface area contributed by atoms with Crippen molar-refractivity contribution in [1.82, 2.24) is 25.2 Å². The van der Waals surface area contributed by atoms with Crippen LogP contribution in [-0.4, -0.2) is 50.4 Å². The maximum Gasteiger partial charge on any atom is 0.333 e. The Morgan fingerprint density at radius 3 is 2.79 bits per heavy atom. The van der Waals surface area contributed by atoms with Gasteiger partial charge in [0, 0.05) is 26.0 Å². The highest BCUT2D eigenvalue weighted by Gasteiger charge is 2.41. The van der Waals surface area contributed by atoms with Crippen molar-refractivity contribution in [2.75, 3.05) is 19.0 Å². The lowest BCUT2D eigenvalue weighted by Crippen LogP contribution is -2.43. The van der Waals surface area contributed by atoms with Gasteiger partial charge in [-0.1, -0.05) is 19.3 Å². The summed E-state index contributed by atoms with van der Waals surface area (Å²) in [6, 6.07) is 3.73. The van der Waals surface area contributed by atoms with Crippen LogP contribution in [0.3, 0.4) is 0 Å². The fraction of sp³-hybridized carbons (Fsp3) is 0.562. The number of rotatable bonds is 6. The Hall–Kier alpha value is -2.51. The fourth-order valence-corrected chi connectivity index (χ4v) is 2.86. The zero-order chi connectivity index (χ0) is 17.3. The van der Waals surface area contributed by atoms with Crippen LogP contribution in [0.5, 0.6) is 0 Å². The number of carboxylic acid groups (broad SMARTS) is 1. The van der Waals surface area contributed by atoms with Crippen molar-refractivity contribution in [2.24, 2.45) is 5.92 Å². The summed E-state index contributed by atoms with van der Waals surface area (Å²) in [5.41, 5.74) is 0.353. The third-order valence-corrected chi connectivity index (χ3v) is 4.72. The van der Waals surface area contributed by atoms with Crippen LogP contribution < -0.4 is 4.90 Å². The van der Waals surface area contributed by atoms with Gasteiger partial charge in [-0.05, 0) is 36.6 Å². The molecule has 0 spiro atoms. The minimum Gasteiger partial charge on any atom is -0.479 e. The van der Waals surface area contributed by atoms with E-state index in [1.807, 2.05) is 31.1 Å². The molecule has 0 saturated heterocycles. The zero-order valence-electron chi connectivity index (χ0n) is 14.2. The minimum absolute atomic E-state index is 0.333. The van der Waals surface area contributed by atoms with Crippen LogP contribution in [0.15, 0.2) is 18.3 Å². The third-order valence-electron chi connectivity index (χ3n) is 4.72. The third kappa shape index (κ3) is 2.95. The molecule has 1 fully saturated rings. The van der Waals surface area contributed by atoms with Gasteiger partial charge in [-0.15, -0.1) is 15.0 Å². The molecular formula is C16H22N6O2. The first-order chi connectivity index (χ1) is 11.4. The van der Waals surface area contributed by atoms with Gasteiger partial charge in [0.05, 0.1) is 0 Å². The summed E-state index contributed by atoms with van der Waals surface area (Å²) < 4.78 is 0. The van der Waals surface area contributed by atoms with E-state index in [1.165, 1.54) is 4.80 Å². The topological polar surface area (TPSA) is 97.0 Å². The first-order valence-corrected chi connectivity index (χ1v) is 8.08. The number of aliphatic carboxylic acids is 1. The fourth-order valence-electron chi connectivity index (χ4n) is 2.86. The van der Waals surface area contributed by atoms with Crippen molar-refractivity contribution in [3.05, 3.63) is 18.3 Å². The highest BCUT2D eigenvalue weighted by atomic mass is 16.4. The number of carboxylic acids is 1. The van der Waals surface area contributed by atoms with Crippen LogP contribution >= 0.6 is 0 Å². The number of hydrogen-bond acceptors (Lipinski definition) is 6. The van der Waals surface area contributed by atoms with Crippen molar-refractivity contribution < 1.29 is 9.90 Å². The lowest BCUT2D eigenvalue weighted by atomic mass is 9.77. The summed E-state index contributed by atoms with van der Waals surface area (Å²) in [6.45, 7) is 1.66. The molecule has 0 bridgehead atoms. The van der Waals surface area contributed by atoms with Crippen molar-refractivity contribution in [3.8, 4) is 11.5 Å². The predicted octanol–water partition coefficient (Wildman–Crippen LogP) is 1.79. The standard InChI is InChI=1S/C16H22N6O2/c1-16(15(23)24,10-11-5-4-6-11)22-19-14(18-20-22)13-9-12(21(2)3)7-8-17-13/h7-9,11H,4-6,10H2,1-3H3,(H,23,24). The SMILES string of the molecule is CN(C)c1ccnc(-c2nnn(C(C)(CC3CCC3)C(=O)O)n2)c1. The van der Waals surface area contributed by atoms with E-state index in [9.17, 15) is 9.90 Å². The molecule has 2 aromatic heterocycles. The van der Waals surface area contributed by atoms with Crippen molar-refractivity contribution in [3.63, 3.8) is 0 Å². The van der Waals surface area contributed by atoms with Gasteiger partial charge >= 0.3 is 5.97 Å². The minimum atomic E-state index is -1.19. The van der Waals surface area contributed by atoms with E-state index in [1.54, 1.807) is 13.1 Å².